The fourth-order valence-electron chi connectivity index (χ4n) is 1.64. The van der Waals surface area contributed by atoms with Crippen molar-refractivity contribution in [3.63, 3.8) is 0 Å². The van der Waals surface area contributed by atoms with E-state index in [1.54, 1.807) is 6.92 Å². The van der Waals surface area contributed by atoms with Crippen LogP contribution >= 0.6 is 0 Å². The first-order chi connectivity index (χ1) is 9.32. The van der Waals surface area contributed by atoms with E-state index in [2.05, 4.69) is 0 Å². The van der Waals surface area contributed by atoms with Gasteiger partial charge in [0.1, 0.15) is 6.54 Å². The lowest BCUT2D eigenvalue weighted by atomic mass is 10.3. The van der Waals surface area contributed by atoms with Crippen molar-refractivity contribution in [1.29, 1.82) is 0 Å². The molecule has 8 heteroatoms. The van der Waals surface area contributed by atoms with Crippen molar-refractivity contribution in [2.45, 2.75) is 18.2 Å². The van der Waals surface area contributed by atoms with Crippen molar-refractivity contribution in [2.75, 3.05) is 20.2 Å². The Morgan fingerprint density at radius 1 is 1.45 bits per heavy atom. The van der Waals surface area contributed by atoms with Crippen LogP contribution in [0.3, 0.4) is 0 Å². The molecule has 0 unspecified atom stereocenters. The summed E-state index contributed by atoms with van der Waals surface area (Å²) in [7, 11) is -2.78. The third-order valence-electron chi connectivity index (χ3n) is 2.55. The lowest BCUT2D eigenvalue weighted by Gasteiger charge is -2.19. The van der Waals surface area contributed by atoms with Gasteiger partial charge in [-0.2, -0.15) is 4.31 Å². The van der Waals surface area contributed by atoms with Crippen molar-refractivity contribution in [3.8, 4) is 5.75 Å². The van der Waals surface area contributed by atoms with Gasteiger partial charge in [0.2, 0.25) is 10.0 Å². The van der Waals surface area contributed by atoms with Crippen LogP contribution in [0.1, 0.15) is 13.3 Å². The van der Waals surface area contributed by atoms with Crippen LogP contribution in [0.2, 0.25) is 0 Å². The third kappa shape index (κ3) is 3.67. The number of aliphatic carboxylic acids is 1. The van der Waals surface area contributed by atoms with Gasteiger partial charge in [0, 0.05) is 6.54 Å². The summed E-state index contributed by atoms with van der Waals surface area (Å²) in [5.41, 5.74) is 0. The number of carboxylic acids is 1. The van der Waals surface area contributed by atoms with E-state index < -0.39 is 28.4 Å². The van der Waals surface area contributed by atoms with E-state index in [9.17, 15) is 17.6 Å². The lowest BCUT2D eigenvalue weighted by molar-refractivity contribution is -0.137. The van der Waals surface area contributed by atoms with Crippen LogP contribution in [0.25, 0.3) is 0 Å². The van der Waals surface area contributed by atoms with Gasteiger partial charge in [-0.25, -0.2) is 12.8 Å². The van der Waals surface area contributed by atoms with Crippen LogP contribution in [0.4, 0.5) is 4.39 Å². The Hall–Kier alpha value is -1.67. The van der Waals surface area contributed by atoms with Crippen molar-refractivity contribution in [2.24, 2.45) is 0 Å². The molecule has 1 aromatic carbocycles. The average Bonchev–Trinajstić information content (AvgIpc) is 2.37. The molecule has 1 aromatic rings. The van der Waals surface area contributed by atoms with Gasteiger partial charge in [0.15, 0.2) is 11.6 Å². The van der Waals surface area contributed by atoms with Crippen LogP contribution in [0, 0.1) is 5.82 Å². The number of halogens is 1. The quantitative estimate of drug-likeness (QED) is 0.821. The van der Waals surface area contributed by atoms with E-state index in [1.165, 1.54) is 19.2 Å². The maximum atomic E-state index is 13.6. The highest BCUT2D eigenvalue weighted by atomic mass is 32.2. The first-order valence-electron chi connectivity index (χ1n) is 5.88. The number of nitrogens with zero attached hydrogens (tertiary/aromatic N) is 1. The molecule has 0 spiro atoms. The number of hydrogen-bond acceptors (Lipinski definition) is 4. The molecule has 0 aliphatic carbocycles. The molecule has 0 heterocycles. The van der Waals surface area contributed by atoms with Gasteiger partial charge in [-0.3, -0.25) is 4.79 Å². The fraction of sp³-hybridized carbons (Fsp3) is 0.417. The van der Waals surface area contributed by atoms with Gasteiger partial charge >= 0.3 is 5.97 Å². The molecule has 0 fully saturated rings. The predicted octanol–water partition coefficient (Wildman–Crippen LogP) is 1.32. The summed E-state index contributed by atoms with van der Waals surface area (Å²) in [5.74, 6) is -2.17. The average molecular weight is 305 g/mol. The van der Waals surface area contributed by atoms with Crippen molar-refractivity contribution >= 4 is 16.0 Å². The smallest absolute Gasteiger partial charge is 0.318 e. The van der Waals surface area contributed by atoms with Crippen LogP contribution < -0.4 is 4.74 Å². The number of sulfonamides is 1. The van der Waals surface area contributed by atoms with Gasteiger partial charge in [0.05, 0.1) is 12.0 Å². The van der Waals surface area contributed by atoms with Crippen molar-refractivity contribution in [3.05, 3.63) is 24.0 Å². The largest absolute Gasteiger partial charge is 0.494 e. The van der Waals surface area contributed by atoms with E-state index in [0.717, 1.165) is 10.4 Å². The fourth-order valence-corrected chi connectivity index (χ4v) is 3.13. The highest BCUT2D eigenvalue weighted by molar-refractivity contribution is 7.89. The first kappa shape index (κ1) is 16.4. The minimum Gasteiger partial charge on any atom is -0.494 e. The van der Waals surface area contributed by atoms with E-state index in [-0.39, 0.29) is 17.2 Å². The molecular weight excluding hydrogens is 289 g/mol. The number of methoxy groups -OCH3 is 1. The maximum absolute atomic E-state index is 13.6. The zero-order valence-electron chi connectivity index (χ0n) is 11.2. The van der Waals surface area contributed by atoms with Gasteiger partial charge in [-0.05, 0) is 24.6 Å². The normalized spacial score (nSPS) is 11.6. The molecule has 6 nitrogen and oxygen atoms in total. The Morgan fingerprint density at radius 3 is 2.55 bits per heavy atom. The van der Waals surface area contributed by atoms with Gasteiger partial charge in [-0.1, -0.05) is 6.92 Å². The van der Waals surface area contributed by atoms with Crippen molar-refractivity contribution < 1.29 is 27.4 Å². The molecule has 0 saturated carbocycles. The van der Waals surface area contributed by atoms with Crippen LogP contribution in [0.5, 0.6) is 5.75 Å². The van der Waals surface area contributed by atoms with Crippen LogP contribution in [-0.2, 0) is 14.8 Å². The Labute approximate surface area is 116 Å². The van der Waals surface area contributed by atoms with Gasteiger partial charge in [-0.15, -0.1) is 0 Å². The standard InChI is InChI=1S/C12H16FNO5S/c1-3-6-14(8-12(15)16)20(17,18)9-4-5-11(19-2)10(13)7-9/h4-5,7H,3,6,8H2,1-2H3,(H,15,16). The zero-order valence-corrected chi connectivity index (χ0v) is 12.0. The molecule has 20 heavy (non-hydrogen) atoms. The second-order valence-corrected chi connectivity index (χ2v) is 5.97. The summed E-state index contributed by atoms with van der Waals surface area (Å²) in [6.45, 7) is 1.10. The van der Waals surface area contributed by atoms with Gasteiger partial charge < -0.3 is 9.84 Å². The van der Waals surface area contributed by atoms with E-state index in [1.807, 2.05) is 0 Å². The molecule has 0 saturated heterocycles. The zero-order chi connectivity index (χ0) is 15.3. The molecule has 0 atom stereocenters. The minimum atomic E-state index is -4.05. The van der Waals surface area contributed by atoms with Crippen LogP contribution in [-0.4, -0.2) is 44.0 Å². The molecule has 0 bridgehead atoms. The summed E-state index contributed by atoms with van der Waals surface area (Å²) in [6, 6.07) is 3.19. The molecule has 1 N–H and O–H groups in total. The molecule has 1 rings (SSSR count). The summed E-state index contributed by atoms with van der Waals surface area (Å²) >= 11 is 0. The van der Waals surface area contributed by atoms with Crippen molar-refractivity contribution in [1.82, 2.24) is 4.31 Å². The van der Waals surface area contributed by atoms with Gasteiger partial charge in [0.25, 0.3) is 0 Å². The van der Waals surface area contributed by atoms with E-state index in [0.29, 0.717) is 6.42 Å². The molecule has 0 amide bonds. The summed E-state index contributed by atoms with van der Waals surface area (Å²) < 4.78 is 43.6. The van der Waals surface area contributed by atoms with E-state index in [4.69, 9.17) is 9.84 Å². The monoisotopic (exact) mass is 305 g/mol. The Bertz CT molecular complexity index is 588. The lowest BCUT2D eigenvalue weighted by Crippen LogP contribution is -2.36. The molecular formula is C12H16FNO5S. The molecule has 0 radical (unpaired) electrons. The third-order valence-corrected chi connectivity index (χ3v) is 4.39. The number of rotatable bonds is 7. The topological polar surface area (TPSA) is 83.9 Å². The number of ether oxygens (including phenoxy) is 1. The maximum Gasteiger partial charge on any atom is 0.318 e. The molecule has 0 aliphatic heterocycles. The molecule has 0 aromatic heterocycles. The SMILES string of the molecule is CCCN(CC(=O)O)S(=O)(=O)c1ccc(OC)c(F)c1. The number of hydrogen-bond donors (Lipinski definition) is 1. The number of benzene rings is 1. The summed E-state index contributed by atoms with van der Waals surface area (Å²) in [5, 5.41) is 8.76. The molecule has 112 valence electrons. The Morgan fingerprint density at radius 2 is 2.10 bits per heavy atom. The highest BCUT2D eigenvalue weighted by Gasteiger charge is 2.26. The highest BCUT2D eigenvalue weighted by Crippen LogP contribution is 2.23. The van der Waals surface area contributed by atoms with Crippen LogP contribution in [0.15, 0.2) is 23.1 Å². The molecule has 0 aliphatic rings. The number of carboxylic acid groups (broad SMARTS) is 1. The predicted molar refractivity (Wildman–Crippen MR) is 69.6 cm³/mol. The first-order valence-corrected chi connectivity index (χ1v) is 7.32. The minimum absolute atomic E-state index is 0.0439. The van der Waals surface area contributed by atoms with E-state index >= 15 is 0 Å². The summed E-state index contributed by atoms with van der Waals surface area (Å²) in [4.78, 5) is 10.4. The Balaban J connectivity index is 3.18. The summed E-state index contributed by atoms with van der Waals surface area (Å²) in [6.07, 6.45) is 0.450. The number of carbonyl (C=O) groups is 1. The Kier molecular flexibility index (Phi) is 5.46. The second kappa shape index (κ2) is 6.67. The second-order valence-electron chi connectivity index (χ2n) is 4.03.